The molecule has 1 rings (SSSR count). The predicted octanol–water partition coefficient (Wildman–Crippen LogP) is 1.45. The lowest BCUT2D eigenvalue weighted by molar-refractivity contribution is 0.0289. The van der Waals surface area contributed by atoms with E-state index in [0.29, 0.717) is 12.6 Å². The molecule has 0 spiro atoms. The number of pyridine rings is 1. The SMILES string of the molecule is CC(C)NOCCN(C)c1ccccn1. The fraction of sp³-hybridized carbons (Fsp3) is 0.545. The molecule has 0 fully saturated rings. The summed E-state index contributed by atoms with van der Waals surface area (Å²) < 4.78 is 0. The number of nitrogens with one attached hydrogen (secondary N) is 1. The molecule has 1 N–H and O–H groups in total. The Kier molecular flexibility index (Phi) is 5.07. The average molecular weight is 209 g/mol. The molecule has 15 heavy (non-hydrogen) atoms. The molecule has 0 radical (unpaired) electrons. The number of hydrogen-bond acceptors (Lipinski definition) is 4. The highest BCUT2D eigenvalue weighted by atomic mass is 16.6. The van der Waals surface area contributed by atoms with Crippen LogP contribution in [0, 0.1) is 0 Å². The van der Waals surface area contributed by atoms with Crippen LogP contribution in [0.5, 0.6) is 0 Å². The lowest BCUT2D eigenvalue weighted by Gasteiger charge is -2.18. The summed E-state index contributed by atoms with van der Waals surface area (Å²) in [7, 11) is 2.00. The van der Waals surface area contributed by atoms with Gasteiger partial charge in [-0.1, -0.05) is 6.07 Å². The van der Waals surface area contributed by atoms with Crippen molar-refractivity contribution in [2.75, 3.05) is 25.1 Å². The van der Waals surface area contributed by atoms with Gasteiger partial charge in [-0.15, -0.1) is 0 Å². The van der Waals surface area contributed by atoms with Gasteiger partial charge in [0.15, 0.2) is 0 Å². The number of nitrogens with zero attached hydrogens (tertiary/aromatic N) is 2. The predicted molar refractivity (Wildman–Crippen MR) is 61.7 cm³/mol. The van der Waals surface area contributed by atoms with Crippen LogP contribution in [0.4, 0.5) is 5.82 Å². The molecule has 0 aliphatic carbocycles. The van der Waals surface area contributed by atoms with Crippen LogP contribution >= 0.6 is 0 Å². The van der Waals surface area contributed by atoms with Gasteiger partial charge in [-0.25, -0.2) is 4.98 Å². The van der Waals surface area contributed by atoms with Crippen LogP contribution in [0.15, 0.2) is 24.4 Å². The maximum absolute atomic E-state index is 5.27. The molecule has 1 aromatic rings. The van der Waals surface area contributed by atoms with Gasteiger partial charge < -0.3 is 4.90 Å². The Morgan fingerprint density at radius 1 is 1.47 bits per heavy atom. The normalized spacial score (nSPS) is 10.7. The van der Waals surface area contributed by atoms with Crippen LogP contribution in [-0.4, -0.2) is 31.2 Å². The molecule has 84 valence electrons. The van der Waals surface area contributed by atoms with Crippen molar-refractivity contribution in [3.63, 3.8) is 0 Å². The second kappa shape index (κ2) is 6.37. The quantitative estimate of drug-likeness (QED) is 0.568. The summed E-state index contributed by atoms with van der Waals surface area (Å²) in [6.45, 7) is 5.55. The molecule has 0 amide bonds. The summed E-state index contributed by atoms with van der Waals surface area (Å²) in [4.78, 5) is 11.6. The minimum Gasteiger partial charge on any atom is -0.357 e. The Labute approximate surface area is 91.2 Å². The lowest BCUT2D eigenvalue weighted by atomic mass is 10.4. The van der Waals surface area contributed by atoms with Gasteiger partial charge in [0.25, 0.3) is 0 Å². The van der Waals surface area contributed by atoms with Crippen LogP contribution < -0.4 is 10.4 Å². The molecular formula is C11H19N3O. The van der Waals surface area contributed by atoms with Crippen molar-refractivity contribution >= 4 is 5.82 Å². The fourth-order valence-corrected chi connectivity index (χ4v) is 1.10. The molecule has 0 saturated heterocycles. The van der Waals surface area contributed by atoms with Crippen LogP contribution in [0.3, 0.4) is 0 Å². The van der Waals surface area contributed by atoms with E-state index in [4.69, 9.17) is 4.84 Å². The van der Waals surface area contributed by atoms with Crippen molar-refractivity contribution in [1.29, 1.82) is 0 Å². The third-order valence-electron chi connectivity index (χ3n) is 1.89. The third kappa shape index (κ3) is 4.76. The molecule has 1 aromatic heterocycles. The second-order valence-corrected chi connectivity index (χ2v) is 3.73. The van der Waals surface area contributed by atoms with Gasteiger partial charge >= 0.3 is 0 Å². The third-order valence-corrected chi connectivity index (χ3v) is 1.89. The van der Waals surface area contributed by atoms with Crippen LogP contribution in [0.25, 0.3) is 0 Å². The van der Waals surface area contributed by atoms with Crippen molar-refractivity contribution in [2.45, 2.75) is 19.9 Å². The molecule has 0 saturated carbocycles. The Bertz CT molecular complexity index is 264. The first-order valence-corrected chi connectivity index (χ1v) is 5.19. The summed E-state index contributed by atoms with van der Waals surface area (Å²) >= 11 is 0. The van der Waals surface area contributed by atoms with Gasteiger partial charge in [-0.2, -0.15) is 5.48 Å². The van der Waals surface area contributed by atoms with Crippen molar-refractivity contribution in [3.8, 4) is 0 Å². The maximum Gasteiger partial charge on any atom is 0.128 e. The Balaban J connectivity index is 2.22. The van der Waals surface area contributed by atoms with E-state index < -0.39 is 0 Å². The Morgan fingerprint density at radius 3 is 2.87 bits per heavy atom. The Morgan fingerprint density at radius 2 is 2.27 bits per heavy atom. The zero-order chi connectivity index (χ0) is 11.1. The molecule has 0 bridgehead atoms. The van der Waals surface area contributed by atoms with E-state index in [0.717, 1.165) is 12.4 Å². The van der Waals surface area contributed by atoms with Crippen LogP contribution in [-0.2, 0) is 4.84 Å². The molecule has 4 heteroatoms. The van der Waals surface area contributed by atoms with Crippen LogP contribution in [0.1, 0.15) is 13.8 Å². The van der Waals surface area contributed by atoms with E-state index in [1.807, 2.05) is 39.1 Å². The lowest BCUT2D eigenvalue weighted by Crippen LogP contribution is -2.29. The molecule has 0 atom stereocenters. The largest absolute Gasteiger partial charge is 0.357 e. The zero-order valence-corrected chi connectivity index (χ0v) is 9.60. The van der Waals surface area contributed by atoms with Gasteiger partial charge in [-0.05, 0) is 26.0 Å². The van der Waals surface area contributed by atoms with Gasteiger partial charge in [0.1, 0.15) is 5.82 Å². The highest BCUT2D eigenvalue weighted by molar-refractivity contribution is 5.36. The fourth-order valence-electron chi connectivity index (χ4n) is 1.10. The summed E-state index contributed by atoms with van der Waals surface area (Å²) in [5.41, 5.74) is 2.91. The van der Waals surface area contributed by atoms with Gasteiger partial charge in [-0.3, -0.25) is 4.84 Å². The monoisotopic (exact) mass is 209 g/mol. The first kappa shape index (κ1) is 11.9. The first-order valence-electron chi connectivity index (χ1n) is 5.19. The number of aromatic nitrogens is 1. The number of hydroxylamine groups is 1. The molecule has 0 aliphatic heterocycles. The second-order valence-electron chi connectivity index (χ2n) is 3.73. The minimum absolute atomic E-state index is 0.352. The van der Waals surface area contributed by atoms with E-state index in [9.17, 15) is 0 Å². The van der Waals surface area contributed by atoms with Crippen LogP contribution in [0.2, 0.25) is 0 Å². The number of likely N-dealkylation sites (N-methyl/N-ethyl adjacent to an activating group) is 1. The molecule has 0 aliphatic rings. The molecular weight excluding hydrogens is 190 g/mol. The summed E-state index contributed by atoms with van der Waals surface area (Å²) in [5, 5.41) is 0. The van der Waals surface area contributed by atoms with Gasteiger partial charge in [0.2, 0.25) is 0 Å². The number of rotatable bonds is 6. The van der Waals surface area contributed by atoms with E-state index in [-0.39, 0.29) is 0 Å². The minimum atomic E-state index is 0.352. The molecule has 0 unspecified atom stereocenters. The van der Waals surface area contributed by atoms with Crippen molar-refractivity contribution in [1.82, 2.24) is 10.5 Å². The highest BCUT2D eigenvalue weighted by Gasteiger charge is 2.00. The Hall–Kier alpha value is -1.13. The van der Waals surface area contributed by atoms with E-state index in [2.05, 4.69) is 15.4 Å². The van der Waals surface area contributed by atoms with Gasteiger partial charge in [0.05, 0.1) is 6.61 Å². The average Bonchev–Trinajstić information content (AvgIpc) is 2.25. The highest BCUT2D eigenvalue weighted by Crippen LogP contribution is 2.05. The smallest absolute Gasteiger partial charge is 0.128 e. The van der Waals surface area contributed by atoms with E-state index >= 15 is 0 Å². The van der Waals surface area contributed by atoms with Crippen molar-refractivity contribution < 1.29 is 4.84 Å². The molecule has 4 nitrogen and oxygen atoms in total. The maximum atomic E-state index is 5.27. The zero-order valence-electron chi connectivity index (χ0n) is 9.60. The van der Waals surface area contributed by atoms with E-state index in [1.54, 1.807) is 6.20 Å². The summed E-state index contributed by atoms with van der Waals surface area (Å²) in [6, 6.07) is 6.22. The van der Waals surface area contributed by atoms with Gasteiger partial charge in [0, 0.05) is 25.8 Å². The molecule has 0 aromatic carbocycles. The number of anilines is 1. The van der Waals surface area contributed by atoms with Crippen molar-refractivity contribution in [2.24, 2.45) is 0 Å². The standard InChI is InChI=1S/C11H19N3O/c1-10(2)13-15-9-8-14(3)11-6-4-5-7-12-11/h4-7,10,13H,8-9H2,1-3H3. The topological polar surface area (TPSA) is 37.4 Å². The summed E-state index contributed by atoms with van der Waals surface area (Å²) in [5.74, 6) is 0.964. The summed E-state index contributed by atoms with van der Waals surface area (Å²) in [6.07, 6.45) is 1.79. The first-order chi connectivity index (χ1) is 7.20. The number of hydrogen-bond donors (Lipinski definition) is 1. The van der Waals surface area contributed by atoms with Crippen molar-refractivity contribution in [3.05, 3.63) is 24.4 Å². The molecule has 1 heterocycles. The van der Waals surface area contributed by atoms with E-state index in [1.165, 1.54) is 0 Å².